The fraction of sp³-hybridized carbons (Fsp3) is 0.227. The molecule has 1 atom stereocenters. The average molecular weight is 332 g/mol. The lowest BCUT2D eigenvalue weighted by Gasteiger charge is -2.25. The summed E-state index contributed by atoms with van der Waals surface area (Å²) < 4.78 is 0. The molecule has 3 aromatic rings. The number of nitrogens with zero attached hydrogens (tertiary/aromatic N) is 1. The van der Waals surface area contributed by atoms with Gasteiger partial charge in [-0.25, -0.2) is 0 Å². The number of anilines is 1. The lowest BCUT2D eigenvalue weighted by molar-refractivity contribution is -0.120. The second kappa shape index (κ2) is 7.49. The Morgan fingerprint density at radius 1 is 1.00 bits per heavy atom. The van der Waals surface area contributed by atoms with E-state index in [1.54, 1.807) is 0 Å². The van der Waals surface area contributed by atoms with Crippen molar-refractivity contribution in [1.29, 1.82) is 0 Å². The molecule has 0 bridgehead atoms. The van der Waals surface area contributed by atoms with Gasteiger partial charge in [-0.3, -0.25) is 9.69 Å². The van der Waals surface area contributed by atoms with E-state index in [4.69, 9.17) is 0 Å². The van der Waals surface area contributed by atoms with Crippen molar-refractivity contribution >= 4 is 22.4 Å². The molecule has 1 amide bonds. The van der Waals surface area contributed by atoms with E-state index in [0.717, 1.165) is 23.0 Å². The molecule has 3 rings (SSSR count). The third kappa shape index (κ3) is 3.89. The molecule has 128 valence electrons. The highest BCUT2D eigenvalue weighted by Gasteiger charge is 2.19. The molecule has 3 nitrogen and oxygen atoms in total. The van der Waals surface area contributed by atoms with Gasteiger partial charge in [0.25, 0.3) is 0 Å². The Balaban J connectivity index is 1.73. The zero-order chi connectivity index (χ0) is 17.8. The van der Waals surface area contributed by atoms with Crippen molar-refractivity contribution in [3.63, 3.8) is 0 Å². The fourth-order valence-electron chi connectivity index (χ4n) is 2.96. The molecule has 0 fully saturated rings. The van der Waals surface area contributed by atoms with Crippen LogP contribution in [0.5, 0.6) is 0 Å². The van der Waals surface area contributed by atoms with E-state index >= 15 is 0 Å². The quantitative estimate of drug-likeness (QED) is 0.740. The summed E-state index contributed by atoms with van der Waals surface area (Å²) in [6.07, 6.45) is 0. The summed E-state index contributed by atoms with van der Waals surface area (Å²) in [6.45, 7) is 4.79. The van der Waals surface area contributed by atoms with E-state index in [2.05, 4.69) is 41.4 Å². The van der Waals surface area contributed by atoms with Crippen LogP contribution in [0.1, 0.15) is 18.1 Å². The van der Waals surface area contributed by atoms with E-state index in [9.17, 15) is 4.79 Å². The van der Waals surface area contributed by atoms with Crippen molar-refractivity contribution in [2.75, 3.05) is 12.4 Å². The van der Waals surface area contributed by atoms with Gasteiger partial charge in [0.05, 0.1) is 6.04 Å². The molecule has 3 heteroatoms. The molecule has 0 aliphatic heterocycles. The van der Waals surface area contributed by atoms with Crippen LogP contribution >= 0.6 is 0 Å². The van der Waals surface area contributed by atoms with Gasteiger partial charge in [-0.1, -0.05) is 60.7 Å². The van der Waals surface area contributed by atoms with Gasteiger partial charge >= 0.3 is 0 Å². The molecular weight excluding hydrogens is 308 g/mol. The maximum absolute atomic E-state index is 12.7. The molecule has 3 aromatic carbocycles. The molecule has 0 spiro atoms. The molecule has 0 saturated heterocycles. The SMILES string of the molecule is Cc1ccccc1CN(C)[C@H](C)C(=O)Nc1cccc2ccccc12. The number of hydrogen-bond acceptors (Lipinski definition) is 2. The van der Waals surface area contributed by atoms with Gasteiger partial charge in [-0.05, 0) is 43.5 Å². The molecule has 1 N–H and O–H groups in total. The summed E-state index contributed by atoms with van der Waals surface area (Å²) >= 11 is 0. The number of hydrogen-bond donors (Lipinski definition) is 1. The Hall–Kier alpha value is -2.65. The number of fused-ring (bicyclic) bond motifs is 1. The van der Waals surface area contributed by atoms with Crippen LogP contribution < -0.4 is 5.32 Å². The van der Waals surface area contributed by atoms with Crippen molar-refractivity contribution in [3.05, 3.63) is 77.9 Å². The molecule has 0 aromatic heterocycles. The van der Waals surface area contributed by atoms with Crippen molar-refractivity contribution in [3.8, 4) is 0 Å². The van der Waals surface area contributed by atoms with Gasteiger partial charge in [-0.2, -0.15) is 0 Å². The summed E-state index contributed by atoms with van der Waals surface area (Å²) in [5.41, 5.74) is 3.35. The van der Waals surface area contributed by atoms with Gasteiger partial charge in [0.2, 0.25) is 5.91 Å². The number of likely N-dealkylation sites (N-methyl/N-ethyl adjacent to an activating group) is 1. The zero-order valence-electron chi connectivity index (χ0n) is 15.0. The first-order valence-electron chi connectivity index (χ1n) is 8.59. The second-order valence-corrected chi connectivity index (χ2v) is 6.53. The highest BCUT2D eigenvalue weighted by atomic mass is 16.2. The number of carbonyl (C=O) groups is 1. The van der Waals surface area contributed by atoms with Gasteiger partial charge in [0, 0.05) is 17.6 Å². The minimum absolute atomic E-state index is 0.00689. The first kappa shape index (κ1) is 17.2. The first-order valence-corrected chi connectivity index (χ1v) is 8.59. The zero-order valence-corrected chi connectivity index (χ0v) is 15.0. The Bertz CT molecular complexity index is 883. The second-order valence-electron chi connectivity index (χ2n) is 6.53. The molecular formula is C22H24N2O. The van der Waals surface area contributed by atoms with Crippen molar-refractivity contribution < 1.29 is 4.79 Å². The fourth-order valence-corrected chi connectivity index (χ4v) is 2.96. The van der Waals surface area contributed by atoms with Crippen molar-refractivity contribution in [2.24, 2.45) is 0 Å². The molecule has 0 aliphatic rings. The summed E-state index contributed by atoms with van der Waals surface area (Å²) in [6, 6.07) is 22.1. The van der Waals surface area contributed by atoms with Gasteiger partial charge in [-0.15, -0.1) is 0 Å². The van der Waals surface area contributed by atoms with Crippen molar-refractivity contribution in [2.45, 2.75) is 26.4 Å². The highest BCUT2D eigenvalue weighted by Crippen LogP contribution is 2.23. The molecule has 0 heterocycles. The average Bonchev–Trinajstić information content (AvgIpc) is 2.63. The van der Waals surface area contributed by atoms with E-state index in [1.165, 1.54) is 11.1 Å². The summed E-state index contributed by atoms with van der Waals surface area (Å²) in [5, 5.41) is 5.27. The lowest BCUT2D eigenvalue weighted by atomic mass is 10.1. The lowest BCUT2D eigenvalue weighted by Crippen LogP contribution is -2.39. The number of aryl methyl sites for hydroxylation is 1. The molecule has 25 heavy (non-hydrogen) atoms. The van der Waals surface area contributed by atoms with Crippen LogP contribution in [0.15, 0.2) is 66.7 Å². The van der Waals surface area contributed by atoms with E-state index < -0.39 is 0 Å². The van der Waals surface area contributed by atoms with Gasteiger partial charge < -0.3 is 5.32 Å². The van der Waals surface area contributed by atoms with Gasteiger partial charge in [0.15, 0.2) is 0 Å². The monoisotopic (exact) mass is 332 g/mol. The maximum Gasteiger partial charge on any atom is 0.241 e. The Kier molecular flexibility index (Phi) is 5.15. The third-order valence-electron chi connectivity index (χ3n) is 4.77. The predicted octanol–water partition coefficient (Wildman–Crippen LogP) is 4.61. The minimum Gasteiger partial charge on any atom is -0.324 e. The maximum atomic E-state index is 12.7. The normalized spacial score (nSPS) is 12.3. The standard InChI is InChI=1S/C22H24N2O/c1-16-9-4-5-11-19(16)15-24(3)17(2)22(25)23-21-14-8-12-18-10-6-7-13-20(18)21/h4-14,17H,15H2,1-3H3,(H,23,25)/t17-/m1/s1. The van der Waals surface area contributed by atoms with Crippen LogP contribution in [0.3, 0.4) is 0 Å². The number of nitrogens with one attached hydrogen (secondary N) is 1. The molecule has 0 saturated carbocycles. The minimum atomic E-state index is -0.224. The predicted molar refractivity (Wildman–Crippen MR) is 105 cm³/mol. The Morgan fingerprint density at radius 2 is 1.68 bits per heavy atom. The van der Waals surface area contributed by atoms with Crippen LogP contribution in [0.25, 0.3) is 10.8 Å². The summed E-state index contributed by atoms with van der Waals surface area (Å²) in [5.74, 6) is 0.00689. The number of rotatable bonds is 5. The number of benzene rings is 3. The number of amides is 1. The van der Waals surface area contributed by atoms with Crippen LogP contribution in [-0.2, 0) is 11.3 Å². The van der Waals surface area contributed by atoms with E-state index in [1.807, 2.05) is 56.4 Å². The van der Waals surface area contributed by atoms with E-state index in [-0.39, 0.29) is 11.9 Å². The van der Waals surface area contributed by atoms with Crippen LogP contribution in [0.2, 0.25) is 0 Å². The summed E-state index contributed by atoms with van der Waals surface area (Å²) in [4.78, 5) is 14.8. The van der Waals surface area contributed by atoms with Crippen molar-refractivity contribution in [1.82, 2.24) is 4.90 Å². The van der Waals surface area contributed by atoms with E-state index in [0.29, 0.717) is 0 Å². The third-order valence-corrected chi connectivity index (χ3v) is 4.77. The molecule has 0 unspecified atom stereocenters. The molecule has 0 radical (unpaired) electrons. The highest BCUT2D eigenvalue weighted by molar-refractivity contribution is 6.03. The number of carbonyl (C=O) groups excluding carboxylic acids is 1. The first-order chi connectivity index (χ1) is 12.1. The molecule has 0 aliphatic carbocycles. The summed E-state index contributed by atoms with van der Waals surface area (Å²) in [7, 11) is 1.99. The largest absolute Gasteiger partial charge is 0.324 e. The Morgan fingerprint density at radius 3 is 2.48 bits per heavy atom. The van der Waals surface area contributed by atoms with Gasteiger partial charge in [0.1, 0.15) is 0 Å². The Labute approximate surface area is 149 Å². The topological polar surface area (TPSA) is 32.3 Å². The van der Waals surface area contributed by atoms with Crippen LogP contribution in [-0.4, -0.2) is 23.9 Å². The van der Waals surface area contributed by atoms with Crippen LogP contribution in [0, 0.1) is 6.92 Å². The smallest absolute Gasteiger partial charge is 0.241 e. The van der Waals surface area contributed by atoms with Crippen LogP contribution in [0.4, 0.5) is 5.69 Å².